The smallest absolute Gasteiger partial charge is 0.321 e. The molecule has 2 amide bonds. The van der Waals surface area contributed by atoms with E-state index in [9.17, 15) is 4.79 Å². The number of anilines is 1. The Labute approximate surface area is 114 Å². The van der Waals surface area contributed by atoms with Crippen LogP contribution < -0.4 is 5.32 Å². The summed E-state index contributed by atoms with van der Waals surface area (Å²) in [7, 11) is 0. The maximum atomic E-state index is 11.9. The molecule has 1 heterocycles. The quantitative estimate of drug-likeness (QED) is 0.833. The molecule has 0 unspecified atom stereocenters. The van der Waals surface area contributed by atoms with Crippen LogP contribution in [0, 0.1) is 6.92 Å². The third-order valence-electron chi connectivity index (χ3n) is 2.88. The third kappa shape index (κ3) is 2.93. The van der Waals surface area contributed by atoms with Crippen molar-refractivity contribution in [3.05, 3.63) is 27.2 Å². The molecular formula is C12H14BrClN2O. The van der Waals surface area contributed by atoms with Crippen molar-refractivity contribution in [2.24, 2.45) is 0 Å². The number of urea groups is 1. The van der Waals surface area contributed by atoms with Gasteiger partial charge in [-0.1, -0.05) is 11.6 Å². The van der Waals surface area contributed by atoms with Crippen LogP contribution in [0.4, 0.5) is 10.5 Å². The largest absolute Gasteiger partial charge is 0.325 e. The molecule has 0 spiro atoms. The van der Waals surface area contributed by atoms with E-state index < -0.39 is 0 Å². The van der Waals surface area contributed by atoms with E-state index in [4.69, 9.17) is 11.6 Å². The van der Waals surface area contributed by atoms with Crippen LogP contribution in [0.5, 0.6) is 0 Å². The van der Waals surface area contributed by atoms with E-state index in [0.717, 1.165) is 41.7 Å². The molecule has 1 fully saturated rings. The number of carbonyl (C=O) groups excluding carboxylic acids is 1. The molecule has 1 aromatic rings. The van der Waals surface area contributed by atoms with E-state index in [1.54, 1.807) is 6.07 Å². The molecule has 0 atom stereocenters. The molecule has 1 saturated heterocycles. The average Bonchev–Trinajstić information content (AvgIpc) is 2.79. The molecule has 92 valence electrons. The van der Waals surface area contributed by atoms with Gasteiger partial charge in [0.15, 0.2) is 0 Å². The van der Waals surface area contributed by atoms with E-state index in [-0.39, 0.29) is 6.03 Å². The Kier molecular flexibility index (Phi) is 3.94. The van der Waals surface area contributed by atoms with Gasteiger partial charge in [-0.15, -0.1) is 0 Å². The zero-order chi connectivity index (χ0) is 12.4. The molecule has 17 heavy (non-hydrogen) atoms. The van der Waals surface area contributed by atoms with Gasteiger partial charge < -0.3 is 10.2 Å². The summed E-state index contributed by atoms with van der Waals surface area (Å²) in [5, 5.41) is 3.53. The molecule has 2 rings (SSSR count). The summed E-state index contributed by atoms with van der Waals surface area (Å²) in [6.07, 6.45) is 2.17. The number of hydrogen-bond acceptors (Lipinski definition) is 1. The third-order valence-corrected chi connectivity index (χ3v) is 3.95. The van der Waals surface area contributed by atoms with Crippen molar-refractivity contribution in [3.63, 3.8) is 0 Å². The molecule has 1 aromatic carbocycles. The highest BCUT2D eigenvalue weighted by molar-refractivity contribution is 9.10. The number of likely N-dealkylation sites (tertiary alicyclic amines) is 1. The zero-order valence-corrected chi connectivity index (χ0v) is 11.9. The Morgan fingerprint density at radius 1 is 1.41 bits per heavy atom. The van der Waals surface area contributed by atoms with Crippen molar-refractivity contribution in [3.8, 4) is 0 Å². The average molecular weight is 318 g/mol. The van der Waals surface area contributed by atoms with Crippen molar-refractivity contribution in [2.45, 2.75) is 19.8 Å². The Morgan fingerprint density at radius 3 is 2.71 bits per heavy atom. The highest BCUT2D eigenvalue weighted by Gasteiger charge is 2.18. The minimum absolute atomic E-state index is 0.0527. The fourth-order valence-corrected chi connectivity index (χ4v) is 2.58. The van der Waals surface area contributed by atoms with Gasteiger partial charge in [0.25, 0.3) is 0 Å². The minimum Gasteiger partial charge on any atom is -0.325 e. The fourth-order valence-electron chi connectivity index (χ4n) is 1.86. The van der Waals surface area contributed by atoms with Crippen LogP contribution >= 0.6 is 27.5 Å². The van der Waals surface area contributed by atoms with Crippen molar-refractivity contribution < 1.29 is 4.79 Å². The molecule has 0 aliphatic carbocycles. The molecule has 1 N–H and O–H groups in total. The number of nitrogens with zero attached hydrogens (tertiary/aromatic N) is 1. The Balaban J connectivity index is 2.12. The van der Waals surface area contributed by atoms with Crippen LogP contribution in [0.1, 0.15) is 18.4 Å². The molecule has 0 aromatic heterocycles. The molecule has 0 bridgehead atoms. The van der Waals surface area contributed by atoms with Crippen LogP contribution in [-0.2, 0) is 0 Å². The van der Waals surface area contributed by atoms with Crippen molar-refractivity contribution in [1.29, 1.82) is 0 Å². The standard InChI is InChI=1S/C12H14BrClN2O/c1-8-6-9(13)11(7-10(8)14)15-12(17)16-4-2-3-5-16/h6-7H,2-5H2,1H3,(H,15,17). The summed E-state index contributed by atoms with van der Waals surface area (Å²) in [5.74, 6) is 0. The van der Waals surface area contributed by atoms with Gasteiger partial charge in [0, 0.05) is 22.6 Å². The van der Waals surface area contributed by atoms with Gasteiger partial charge in [0.2, 0.25) is 0 Å². The first-order chi connectivity index (χ1) is 8.08. The van der Waals surface area contributed by atoms with Crippen LogP contribution in [0.15, 0.2) is 16.6 Å². The van der Waals surface area contributed by atoms with E-state index in [1.807, 2.05) is 17.9 Å². The van der Waals surface area contributed by atoms with Crippen LogP contribution in [0.25, 0.3) is 0 Å². The first-order valence-corrected chi connectivity index (χ1v) is 6.76. The normalized spacial score (nSPS) is 15.1. The lowest BCUT2D eigenvalue weighted by atomic mass is 10.2. The summed E-state index contributed by atoms with van der Waals surface area (Å²) >= 11 is 9.47. The minimum atomic E-state index is -0.0527. The van der Waals surface area contributed by atoms with Gasteiger partial charge in [0.1, 0.15) is 0 Å². The van der Waals surface area contributed by atoms with E-state index in [2.05, 4.69) is 21.2 Å². The van der Waals surface area contributed by atoms with Crippen LogP contribution in [0.3, 0.4) is 0 Å². The SMILES string of the molecule is Cc1cc(Br)c(NC(=O)N2CCCC2)cc1Cl. The molecule has 3 nitrogen and oxygen atoms in total. The summed E-state index contributed by atoms with van der Waals surface area (Å²) < 4.78 is 0.854. The second-order valence-electron chi connectivity index (χ2n) is 4.21. The van der Waals surface area contributed by atoms with E-state index in [0.29, 0.717) is 5.02 Å². The lowest BCUT2D eigenvalue weighted by Gasteiger charge is -2.17. The van der Waals surface area contributed by atoms with Crippen molar-refractivity contribution in [1.82, 2.24) is 4.90 Å². The predicted molar refractivity (Wildman–Crippen MR) is 73.7 cm³/mol. The first-order valence-electron chi connectivity index (χ1n) is 5.59. The Bertz CT molecular complexity index is 444. The number of aryl methyl sites for hydroxylation is 1. The number of amides is 2. The van der Waals surface area contributed by atoms with Gasteiger partial charge >= 0.3 is 6.03 Å². The number of benzene rings is 1. The molecule has 1 aliphatic heterocycles. The highest BCUT2D eigenvalue weighted by atomic mass is 79.9. The van der Waals surface area contributed by atoms with Gasteiger partial charge in [-0.2, -0.15) is 0 Å². The maximum absolute atomic E-state index is 11.9. The fraction of sp³-hybridized carbons (Fsp3) is 0.417. The lowest BCUT2D eigenvalue weighted by molar-refractivity contribution is 0.222. The van der Waals surface area contributed by atoms with Crippen molar-refractivity contribution in [2.75, 3.05) is 18.4 Å². The summed E-state index contributed by atoms with van der Waals surface area (Å²) in [4.78, 5) is 13.7. The van der Waals surface area contributed by atoms with E-state index in [1.165, 1.54) is 0 Å². The first kappa shape index (κ1) is 12.7. The molecule has 0 radical (unpaired) electrons. The van der Waals surface area contributed by atoms with Crippen LogP contribution in [0.2, 0.25) is 5.02 Å². The number of carbonyl (C=O) groups is 1. The van der Waals surface area contributed by atoms with Gasteiger partial charge in [-0.25, -0.2) is 4.79 Å². The molecular weight excluding hydrogens is 304 g/mol. The summed E-state index contributed by atoms with van der Waals surface area (Å²) in [6.45, 7) is 3.60. The second kappa shape index (κ2) is 5.27. The monoisotopic (exact) mass is 316 g/mol. The van der Waals surface area contributed by atoms with Gasteiger partial charge in [0.05, 0.1) is 5.69 Å². The summed E-state index contributed by atoms with van der Waals surface area (Å²) in [6, 6.07) is 3.62. The predicted octanol–water partition coefficient (Wildman–Crippen LogP) is 4.04. The van der Waals surface area contributed by atoms with E-state index >= 15 is 0 Å². The maximum Gasteiger partial charge on any atom is 0.321 e. The van der Waals surface area contributed by atoms with Crippen molar-refractivity contribution >= 4 is 39.2 Å². The Hall–Kier alpha value is -0.740. The number of rotatable bonds is 1. The van der Waals surface area contributed by atoms with Crippen LogP contribution in [-0.4, -0.2) is 24.0 Å². The number of nitrogens with one attached hydrogen (secondary N) is 1. The molecule has 1 aliphatic rings. The molecule has 5 heteroatoms. The van der Waals surface area contributed by atoms with Gasteiger partial charge in [-0.3, -0.25) is 0 Å². The van der Waals surface area contributed by atoms with Gasteiger partial charge in [-0.05, 0) is 53.4 Å². The molecule has 0 saturated carbocycles. The summed E-state index contributed by atoms with van der Waals surface area (Å²) in [5.41, 5.74) is 1.70. The number of hydrogen-bond donors (Lipinski definition) is 1. The lowest BCUT2D eigenvalue weighted by Crippen LogP contribution is -2.32. The topological polar surface area (TPSA) is 32.3 Å². The second-order valence-corrected chi connectivity index (χ2v) is 5.47. The highest BCUT2D eigenvalue weighted by Crippen LogP contribution is 2.29. The number of halogens is 2. The Morgan fingerprint density at radius 2 is 2.06 bits per heavy atom. The zero-order valence-electron chi connectivity index (χ0n) is 9.59.